The molecule has 0 amide bonds. The molecule has 0 spiro atoms. The van der Waals surface area contributed by atoms with Crippen LogP contribution in [0.5, 0.6) is 0 Å². The molecule has 0 bridgehead atoms. The molecule has 0 aromatic heterocycles. The summed E-state index contributed by atoms with van der Waals surface area (Å²) >= 11 is 5.27. The van der Waals surface area contributed by atoms with Crippen molar-refractivity contribution in [3.63, 3.8) is 0 Å². The summed E-state index contributed by atoms with van der Waals surface area (Å²) in [5.41, 5.74) is 4.55. The molecular formula is C6H4ClF2NO2S. The molecule has 0 fully saturated rings. The van der Waals surface area contributed by atoms with Crippen molar-refractivity contribution >= 4 is 27.5 Å². The van der Waals surface area contributed by atoms with Crippen molar-refractivity contribution in [3.8, 4) is 0 Å². The van der Waals surface area contributed by atoms with E-state index in [1.54, 1.807) is 0 Å². The van der Waals surface area contributed by atoms with E-state index in [0.717, 1.165) is 0 Å². The van der Waals surface area contributed by atoms with Crippen molar-refractivity contribution in [2.75, 3.05) is 5.73 Å². The first kappa shape index (κ1) is 10.2. The minimum atomic E-state index is -4.95. The fourth-order valence-electron chi connectivity index (χ4n) is 0.732. The second-order valence-corrected chi connectivity index (χ2v) is 3.96. The van der Waals surface area contributed by atoms with Crippen LogP contribution in [0.15, 0.2) is 17.0 Å². The molecule has 0 atom stereocenters. The highest BCUT2D eigenvalue weighted by molar-refractivity contribution is 7.86. The van der Waals surface area contributed by atoms with Crippen molar-refractivity contribution < 1.29 is 16.7 Å². The fourth-order valence-corrected chi connectivity index (χ4v) is 1.72. The van der Waals surface area contributed by atoms with Crippen LogP contribution in [-0.4, -0.2) is 8.42 Å². The monoisotopic (exact) mass is 227 g/mol. The number of hydrogen-bond acceptors (Lipinski definition) is 3. The van der Waals surface area contributed by atoms with E-state index in [0.29, 0.717) is 12.1 Å². The van der Waals surface area contributed by atoms with Gasteiger partial charge in [0, 0.05) is 0 Å². The molecule has 0 aliphatic carbocycles. The Labute approximate surface area is 78.3 Å². The van der Waals surface area contributed by atoms with E-state index in [-0.39, 0.29) is 0 Å². The highest BCUT2D eigenvalue weighted by Crippen LogP contribution is 2.27. The van der Waals surface area contributed by atoms with Crippen LogP contribution in [0.3, 0.4) is 0 Å². The van der Waals surface area contributed by atoms with Crippen molar-refractivity contribution in [3.05, 3.63) is 23.0 Å². The maximum Gasteiger partial charge on any atom is 0.333 e. The van der Waals surface area contributed by atoms with Gasteiger partial charge in [-0.25, -0.2) is 4.39 Å². The Balaban J connectivity index is 3.50. The molecule has 0 aliphatic rings. The fraction of sp³-hybridized carbons (Fsp3) is 0. The smallest absolute Gasteiger partial charge is 0.333 e. The summed E-state index contributed by atoms with van der Waals surface area (Å²) in [5, 5.41) is -0.533. The van der Waals surface area contributed by atoms with Crippen LogP contribution in [0.2, 0.25) is 5.02 Å². The molecule has 0 saturated carbocycles. The third-order valence-corrected chi connectivity index (χ3v) is 2.60. The summed E-state index contributed by atoms with van der Waals surface area (Å²) in [6.45, 7) is 0. The lowest BCUT2D eigenvalue weighted by atomic mass is 10.3. The molecule has 7 heteroatoms. The van der Waals surface area contributed by atoms with Crippen molar-refractivity contribution in [1.82, 2.24) is 0 Å². The molecule has 1 aromatic rings. The van der Waals surface area contributed by atoms with E-state index in [4.69, 9.17) is 17.3 Å². The highest BCUT2D eigenvalue weighted by Gasteiger charge is 2.18. The van der Waals surface area contributed by atoms with Crippen LogP contribution in [-0.2, 0) is 10.2 Å². The van der Waals surface area contributed by atoms with E-state index >= 15 is 0 Å². The third-order valence-electron chi connectivity index (χ3n) is 1.31. The molecule has 0 unspecified atom stereocenters. The largest absolute Gasteiger partial charge is 0.396 e. The molecule has 0 radical (unpaired) electrons. The molecule has 3 nitrogen and oxygen atoms in total. The zero-order valence-electron chi connectivity index (χ0n) is 6.09. The third kappa shape index (κ3) is 2.07. The number of hydrogen-bond donors (Lipinski definition) is 1. The van der Waals surface area contributed by atoms with E-state index in [9.17, 15) is 16.7 Å². The van der Waals surface area contributed by atoms with Crippen LogP contribution >= 0.6 is 11.6 Å². The van der Waals surface area contributed by atoms with Gasteiger partial charge in [0.25, 0.3) is 0 Å². The molecule has 0 aliphatic heterocycles. The minimum absolute atomic E-state index is 0.472. The summed E-state index contributed by atoms with van der Waals surface area (Å²) in [6.07, 6.45) is 0. The molecular weight excluding hydrogens is 224 g/mol. The van der Waals surface area contributed by atoms with E-state index < -0.39 is 31.6 Å². The van der Waals surface area contributed by atoms with Crippen molar-refractivity contribution in [2.24, 2.45) is 0 Å². The number of halogens is 3. The van der Waals surface area contributed by atoms with Gasteiger partial charge in [-0.1, -0.05) is 11.6 Å². The first-order valence-corrected chi connectivity index (χ1v) is 4.77. The maximum absolute atomic E-state index is 12.6. The average Bonchev–Trinajstić information content (AvgIpc) is 1.94. The van der Waals surface area contributed by atoms with Crippen LogP contribution in [0, 0.1) is 5.82 Å². The molecule has 13 heavy (non-hydrogen) atoms. The summed E-state index contributed by atoms with van der Waals surface area (Å²) in [7, 11) is -4.95. The van der Waals surface area contributed by atoms with Gasteiger partial charge in [0.2, 0.25) is 0 Å². The Kier molecular flexibility index (Phi) is 2.44. The summed E-state index contributed by atoms with van der Waals surface area (Å²) in [5.74, 6) is -0.891. The van der Waals surface area contributed by atoms with Crippen LogP contribution in [0.4, 0.5) is 14.0 Å². The second kappa shape index (κ2) is 3.12. The van der Waals surface area contributed by atoms with E-state index in [2.05, 4.69) is 0 Å². The van der Waals surface area contributed by atoms with Crippen LogP contribution in [0.1, 0.15) is 0 Å². The van der Waals surface area contributed by atoms with Crippen molar-refractivity contribution in [2.45, 2.75) is 4.90 Å². The molecule has 1 rings (SSSR count). The Morgan fingerprint density at radius 1 is 1.38 bits per heavy atom. The van der Waals surface area contributed by atoms with Gasteiger partial charge < -0.3 is 5.73 Å². The van der Waals surface area contributed by atoms with Gasteiger partial charge in [-0.2, -0.15) is 8.42 Å². The maximum atomic E-state index is 12.6. The Hall–Kier alpha value is -0.880. The van der Waals surface area contributed by atoms with E-state index in [1.165, 1.54) is 0 Å². The SMILES string of the molecule is Nc1cc(S(=O)(=O)F)c(Cl)cc1F. The zero-order chi connectivity index (χ0) is 10.2. The Morgan fingerprint density at radius 2 is 1.92 bits per heavy atom. The predicted molar refractivity (Wildman–Crippen MR) is 44.1 cm³/mol. The van der Waals surface area contributed by atoms with Crippen LogP contribution in [0.25, 0.3) is 0 Å². The summed E-state index contributed by atoms with van der Waals surface area (Å²) in [4.78, 5) is -0.826. The first-order valence-electron chi connectivity index (χ1n) is 3.01. The number of anilines is 1. The molecule has 0 saturated heterocycles. The van der Waals surface area contributed by atoms with Crippen molar-refractivity contribution in [1.29, 1.82) is 0 Å². The second-order valence-electron chi connectivity index (χ2n) is 2.24. The predicted octanol–water partition coefficient (Wildman–Crippen LogP) is 1.72. The van der Waals surface area contributed by atoms with Gasteiger partial charge in [-0.15, -0.1) is 3.89 Å². The first-order chi connectivity index (χ1) is 5.82. The lowest BCUT2D eigenvalue weighted by Crippen LogP contribution is -1.98. The molecule has 72 valence electrons. The van der Waals surface area contributed by atoms with E-state index in [1.807, 2.05) is 0 Å². The number of rotatable bonds is 1. The lowest BCUT2D eigenvalue weighted by molar-refractivity contribution is 0.551. The average molecular weight is 228 g/mol. The topological polar surface area (TPSA) is 60.2 Å². The molecule has 2 N–H and O–H groups in total. The zero-order valence-corrected chi connectivity index (χ0v) is 7.66. The van der Waals surface area contributed by atoms with Gasteiger partial charge in [0.05, 0.1) is 10.7 Å². The summed E-state index contributed by atoms with van der Waals surface area (Å²) in [6, 6.07) is 1.27. The normalized spacial score (nSPS) is 11.6. The number of benzene rings is 1. The number of nitrogen functional groups attached to an aromatic ring is 1. The minimum Gasteiger partial charge on any atom is -0.396 e. The Morgan fingerprint density at radius 3 is 2.38 bits per heavy atom. The molecule has 1 aromatic carbocycles. The van der Waals surface area contributed by atoms with Gasteiger partial charge >= 0.3 is 10.2 Å². The Bertz CT molecular complexity index is 446. The molecule has 0 heterocycles. The van der Waals surface area contributed by atoms with Gasteiger partial charge in [-0.05, 0) is 12.1 Å². The lowest BCUT2D eigenvalue weighted by Gasteiger charge is -2.01. The van der Waals surface area contributed by atoms with Gasteiger partial charge in [0.15, 0.2) is 0 Å². The van der Waals surface area contributed by atoms with Gasteiger partial charge in [0.1, 0.15) is 10.7 Å². The van der Waals surface area contributed by atoms with Gasteiger partial charge in [-0.3, -0.25) is 0 Å². The summed E-state index contributed by atoms with van der Waals surface area (Å²) < 4.78 is 45.8. The quantitative estimate of drug-likeness (QED) is 0.587. The van der Waals surface area contributed by atoms with Crippen LogP contribution < -0.4 is 5.73 Å². The highest BCUT2D eigenvalue weighted by atomic mass is 35.5. The number of nitrogens with two attached hydrogens (primary N) is 1. The standard InChI is InChI=1S/C6H4ClF2NO2S/c7-3-1-4(8)5(10)2-6(3)13(9,11)12/h1-2H,10H2.